The minimum atomic E-state index is -0.504. The van der Waals surface area contributed by atoms with Crippen molar-refractivity contribution < 1.29 is 76.6 Å². The lowest BCUT2D eigenvalue weighted by Crippen LogP contribution is -1.92. The molecule has 15 nitrogen and oxygen atoms in total. The van der Waals surface area contributed by atoms with E-state index in [0.29, 0.717) is 21.9 Å². The van der Waals surface area contributed by atoms with Crippen molar-refractivity contribution in [2.45, 2.75) is 12.8 Å². The highest BCUT2D eigenvalue weighted by Gasteiger charge is 2.11. The van der Waals surface area contributed by atoms with E-state index in [1.807, 2.05) is 48.5 Å². The fraction of sp³-hybridized carbons (Fsp3) is 0.0286. The maximum Gasteiger partial charge on any atom is 0.200 e. The molecule has 0 saturated heterocycles. The zero-order valence-corrected chi connectivity index (χ0v) is 45.9. The van der Waals surface area contributed by atoms with Crippen molar-refractivity contribution in [1.82, 2.24) is 0 Å². The highest BCUT2D eigenvalue weighted by molar-refractivity contribution is 5.99. The number of hydrogen-bond acceptors (Lipinski definition) is 15. The molecule has 10 aromatic carbocycles. The van der Waals surface area contributed by atoms with Crippen LogP contribution in [0.25, 0.3) is 74.8 Å². The van der Waals surface area contributed by atoms with Gasteiger partial charge in [-0.25, -0.2) is 0 Å². The molecule has 0 saturated carbocycles. The van der Waals surface area contributed by atoms with Gasteiger partial charge in [0.05, 0.1) is 5.39 Å². The van der Waals surface area contributed by atoms with Gasteiger partial charge in [0.25, 0.3) is 0 Å². The van der Waals surface area contributed by atoms with Crippen molar-refractivity contribution in [3.63, 3.8) is 0 Å². The maximum absolute atomic E-state index is 9.59. The van der Waals surface area contributed by atoms with E-state index in [1.165, 1.54) is 66.7 Å². The minimum Gasteiger partial charge on any atom is -0.508 e. The van der Waals surface area contributed by atoms with Gasteiger partial charge in [-0.3, -0.25) is 0 Å². The van der Waals surface area contributed by atoms with Crippen LogP contribution in [0.2, 0.25) is 0 Å². The predicted molar refractivity (Wildman–Crippen MR) is 340 cm³/mol. The highest BCUT2D eigenvalue weighted by Crippen LogP contribution is 2.39. The Bertz CT molecular complexity index is 4050. The van der Waals surface area contributed by atoms with Crippen LogP contribution in [-0.2, 0) is 6.42 Å². The second kappa shape index (κ2) is 30.1. The van der Waals surface area contributed by atoms with E-state index in [9.17, 15) is 40.9 Å². The molecule has 15 N–H and O–H groups in total. The Hall–Kier alpha value is -11.8. The molecule has 0 radical (unpaired) electrons. The van der Waals surface area contributed by atoms with Crippen molar-refractivity contribution in [1.29, 1.82) is 0 Å². The molecule has 0 unspecified atom stereocenters. The monoisotopic (exact) mass is 1140 g/mol. The van der Waals surface area contributed by atoms with Gasteiger partial charge in [0.2, 0.25) is 0 Å². The first-order valence-corrected chi connectivity index (χ1v) is 25.7. The zero-order chi connectivity index (χ0) is 62.5. The van der Waals surface area contributed by atoms with E-state index < -0.39 is 5.75 Å². The van der Waals surface area contributed by atoms with Gasteiger partial charge in [-0.2, -0.15) is 0 Å². The number of fused-ring (bicyclic) bond motifs is 4. The van der Waals surface area contributed by atoms with Gasteiger partial charge in [0.1, 0.15) is 23.0 Å². The summed E-state index contributed by atoms with van der Waals surface area (Å²) in [5.74, 6) is -1.59. The van der Waals surface area contributed by atoms with Gasteiger partial charge in [-0.1, -0.05) is 149 Å². The number of rotatable bonds is 6. The topological polar surface area (TPSA) is 303 Å². The summed E-state index contributed by atoms with van der Waals surface area (Å²) in [5.41, 5.74) is 6.86. The van der Waals surface area contributed by atoms with Crippen LogP contribution in [0.15, 0.2) is 197 Å². The summed E-state index contributed by atoms with van der Waals surface area (Å²) in [6, 6.07) is 40.8. The van der Waals surface area contributed by atoms with Crippen LogP contribution in [0, 0.1) is 0 Å². The van der Waals surface area contributed by atoms with Crippen LogP contribution >= 0.6 is 0 Å². The first-order chi connectivity index (χ1) is 40.5. The molecule has 0 amide bonds. The van der Waals surface area contributed by atoms with Crippen molar-refractivity contribution in [3.8, 4) is 86.2 Å². The number of phenolic OH excluding ortho intramolecular Hbond substituents is 15. The third kappa shape index (κ3) is 17.3. The molecule has 15 heteroatoms. The lowest BCUT2D eigenvalue weighted by atomic mass is 9.97. The fourth-order valence-corrected chi connectivity index (χ4v) is 8.13. The van der Waals surface area contributed by atoms with Crippen LogP contribution in [0.3, 0.4) is 0 Å². The maximum atomic E-state index is 9.59. The van der Waals surface area contributed by atoms with E-state index in [2.05, 4.69) is 45.5 Å². The number of benzene rings is 10. The quantitative estimate of drug-likeness (QED) is 0.0689. The zero-order valence-electron chi connectivity index (χ0n) is 45.9. The average molecular weight is 1150 g/mol. The summed E-state index contributed by atoms with van der Waals surface area (Å²) >= 11 is 0. The standard InChI is InChI=1S/3C12H10O2.C10H10O2.C8H8O3.2C8H8O2/c1-2-8-3-4-9-6-11(13)12(14)7-10(9)5-8;1-2-8-6-7-11(14)12-9(8)4-3-5-10(12)13;1-2-8-7-11(13)12(14)10-6-4-3-5-9(8)10;11-9-5-7-3-1-2-4-8(7)6-10(9)12;1-2-5-3-6(9)8(11)7(10)4-5;1-2-6-3-7(9)5-8(10)4-6;1-2-6-3-4-7(9)8(10)5-6/h3*2-7,13-14H,1H2;1,3,5-6,11-12H,2,4H2;2-4,9-11H,1H2;2*2-5,9-10H,1H2. The normalized spacial score (nSPS) is 10.5. The molecule has 10 aromatic rings. The molecule has 0 aliphatic heterocycles. The van der Waals surface area contributed by atoms with Crippen molar-refractivity contribution in [3.05, 3.63) is 242 Å². The second-order valence-electron chi connectivity index (χ2n) is 18.3. The summed E-state index contributed by atoms with van der Waals surface area (Å²) in [7, 11) is 0. The predicted octanol–water partition coefficient (Wildman–Crippen LogP) is 15.7. The van der Waals surface area contributed by atoms with Gasteiger partial charge < -0.3 is 76.6 Å². The molecule has 0 atom stereocenters. The molecule has 11 rings (SSSR count). The van der Waals surface area contributed by atoms with E-state index in [4.69, 9.17) is 35.7 Å². The SMILES string of the molecule is C=Cc1cc(O)c(O)c(O)c1.C=Cc1cc(O)c(O)c2ccccc12.C=Cc1cc(O)cc(O)c1.C=Cc1ccc(O)c(O)c1.C=Cc1ccc(O)c2c(O)cccc12.C=Cc1ccc2cc(O)c(O)cc2c1.Oc1cc2c(cc1O)CCC=C2. The smallest absolute Gasteiger partial charge is 0.200 e. The van der Waals surface area contributed by atoms with Crippen LogP contribution in [-0.4, -0.2) is 76.6 Å². The number of allylic oxidation sites excluding steroid dienone is 1. The van der Waals surface area contributed by atoms with Crippen LogP contribution < -0.4 is 0 Å². The Morgan fingerprint density at radius 2 is 0.788 bits per heavy atom. The van der Waals surface area contributed by atoms with Crippen LogP contribution in [0.5, 0.6) is 86.2 Å². The van der Waals surface area contributed by atoms with E-state index in [-0.39, 0.29) is 80.5 Å². The highest BCUT2D eigenvalue weighted by atomic mass is 16.3. The van der Waals surface area contributed by atoms with Gasteiger partial charge in [0.15, 0.2) is 63.2 Å². The number of phenols is 15. The van der Waals surface area contributed by atoms with E-state index >= 15 is 0 Å². The van der Waals surface area contributed by atoms with Gasteiger partial charge in [0, 0.05) is 11.5 Å². The average Bonchev–Trinajstić information content (AvgIpc) is 3.66. The Balaban J connectivity index is 0.000000182. The van der Waals surface area contributed by atoms with Crippen molar-refractivity contribution >= 4 is 74.8 Å². The largest absolute Gasteiger partial charge is 0.508 e. The Morgan fingerprint density at radius 3 is 1.39 bits per heavy atom. The van der Waals surface area contributed by atoms with Gasteiger partial charge in [-0.15, -0.1) is 0 Å². The molecule has 0 spiro atoms. The van der Waals surface area contributed by atoms with Gasteiger partial charge >= 0.3 is 0 Å². The van der Waals surface area contributed by atoms with E-state index in [0.717, 1.165) is 67.8 Å². The summed E-state index contributed by atoms with van der Waals surface area (Å²) in [6.07, 6.45) is 15.7. The van der Waals surface area contributed by atoms with Crippen molar-refractivity contribution in [2.75, 3.05) is 0 Å². The van der Waals surface area contributed by atoms with Crippen LogP contribution in [0.1, 0.15) is 50.9 Å². The summed E-state index contributed by atoms with van der Waals surface area (Å²) < 4.78 is 0. The number of aromatic hydroxyl groups is 15. The molecule has 0 heterocycles. The molecule has 0 fully saturated rings. The number of hydrogen-bond donors (Lipinski definition) is 15. The van der Waals surface area contributed by atoms with E-state index in [1.54, 1.807) is 78.9 Å². The first kappa shape index (κ1) is 64.0. The lowest BCUT2D eigenvalue weighted by Gasteiger charge is -2.10. The number of aryl methyl sites for hydroxylation is 1. The third-order valence-electron chi connectivity index (χ3n) is 12.5. The minimum absolute atomic E-state index is 0.0240. The van der Waals surface area contributed by atoms with Crippen molar-refractivity contribution in [2.24, 2.45) is 0 Å². The molecule has 434 valence electrons. The van der Waals surface area contributed by atoms with Crippen LogP contribution in [0.4, 0.5) is 0 Å². The summed E-state index contributed by atoms with van der Waals surface area (Å²) in [4.78, 5) is 0. The lowest BCUT2D eigenvalue weighted by molar-refractivity contribution is 0.368. The fourth-order valence-electron chi connectivity index (χ4n) is 8.13. The molecule has 0 bridgehead atoms. The molecular weight excluding hydrogens is 1080 g/mol. The summed E-state index contributed by atoms with van der Waals surface area (Å²) in [6.45, 7) is 21.4. The van der Waals surface area contributed by atoms with Gasteiger partial charge in [-0.05, 0) is 164 Å². The molecule has 0 aromatic heterocycles. The Labute approximate surface area is 490 Å². The second-order valence-corrected chi connectivity index (χ2v) is 18.3. The molecule has 1 aliphatic rings. The third-order valence-corrected chi connectivity index (χ3v) is 12.5. The summed E-state index contributed by atoms with van der Waals surface area (Å²) in [5, 5.41) is 142. The first-order valence-electron chi connectivity index (χ1n) is 25.7. The Morgan fingerprint density at radius 1 is 0.306 bits per heavy atom. The molecule has 85 heavy (non-hydrogen) atoms. The Kier molecular flexibility index (Phi) is 22.7. The molecular formula is C70H64O15. The molecule has 1 aliphatic carbocycles.